The van der Waals surface area contributed by atoms with Crippen LogP contribution >= 0.6 is 0 Å². The molecule has 2 unspecified atom stereocenters. The second-order valence-electron chi connectivity index (χ2n) is 2.42. The van der Waals surface area contributed by atoms with Crippen molar-refractivity contribution in [2.24, 2.45) is 11.7 Å². The zero-order valence-corrected chi connectivity index (χ0v) is 5.24. The first-order chi connectivity index (χ1) is 4.13. The molecule has 52 valence electrons. The van der Waals surface area contributed by atoms with Crippen LogP contribution in [-0.2, 0) is 4.79 Å². The summed E-state index contributed by atoms with van der Waals surface area (Å²) in [6.45, 7) is 2.19. The minimum Gasteiger partial charge on any atom is -0.320 e. The summed E-state index contributed by atoms with van der Waals surface area (Å²) in [6, 6.07) is -0.505. The van der Waals surface area contributed by atoms with Gasteiger partial charge in [-0.3, -0.25) is 10.0 Å². The molecule has 1 heterocycles. The maximum atomic E-state index is 10.7. The molecule has 0 saturated carbocycles. The summed E-state index contributed by atoms with van der Waals surface area (Å²) >= 11 is 0. The van der Waals surface area contributed by atoms with Gasteiger partial charge in [-0.1, -0.05) is 6.92 Å². The van der Waals surface area contributed by atoms with Crippen LogP contribution in [0.3, 0.4) is 0 Å². The van der Waals surface area contributed by atoms with Gasteiger partial charge in [-0.25, -0.2) is 5.06 Å². The van der Waals surface area contributed by atoms with Gasteiger partial charge in [0, 0.05) is 5.92 Å². The Hall–Kier alpha value is -0.610. The number of hydrogen-bond acceptors (Lipinski definition) is 3. The highest BCUT2D eigenvalue weighted by Gasteiger charge is 2.33. The molecule has 0 aromatic heterocycles. The summed E-state index contributed by atoms with van der Waals surface area (Å²) in [7, 11) is 0. The van der Waals surface area contributed by atoms with Gasteiger partial charge in [-0.15, -0.1) is 0 Å². The van der Waals surface area contributed by atoms with Crippen LogP contribution in [0.15, 0.2) is 0 Å². The minimum absolute atomic E-state index is 0.0718. The molecule has 1 amide bonds. The van der Waals surface area contributed by atoms with E-state index in [-0.39, 0.29) is 11.8 Å². The second kappa shape index (κ2) is 1.97. The highest BCUT2D eigenvalue weighted by atomic mass is 16.5. The number of nitrogens with zero attached hydrogens (tertiary/aromatic N) is 1. The van der Waals surface area contributed by atoms with Gasteiger partial charge < -0.3 is 5.73 Å². The van der Waals surface area contributed by atoms with Crippen LogP contribution in [0.5, 0.6) is 0 Å². The van der Waals surface area contributed by atoms with Crippen molar-refractivity contribution >= 4 is 5.91 Å². The molecular formula is C5H10N2O2. The normalized spacial score (nSPS) is 35.9. The largest absolute Gasteiger partial charge is 0.320 e. The van der Waals surface area contributed by atoms with Gasteiger partial charge >= 0.3 is 0 Å². The Morgan fingerprint density at radius 2 is 2.44 bits per heavy atom. The fraction of sp³-hybridized carbons (Fsp3) is 0.800. The monoisotopic (exact) mass is 130 g/mol. The molecule has 4 heteroatoms. The van der Waals surface area contributed by atoms with Crippen LogP contribution in [0.4, 0.5) is 0 Å². The van der Waals surface area contributed by atoms with Crippen molar-refractivity contribution in [3.8, 4) is 0 Å². The minimum atomic E-state index is -0.505. The lowest BCUT2D eigenvalue weighted by Crippen LogP contribution is -2.33. The summed E-state index contributed by atoms with van der Waals surface area (Å²) < 4.78 is 0. The molecular weight excluding hydrogens is 120 g/mol. The predicted molar refractivity (Wildman–Crippen MR) is 30.6 cm³/mol. The Morgan fingerprint density at radius 3 is 2.56 bits per heavy atom. The summed E-state index contributed by atoms with van der Waals surface area (Å²) in [5.41, 5.74) is 5.36. The Bertz CT molecular complexity index is 137. The van der Waals surface area contributed by atoms with Gasteiger partial charge in [0.1, 0.15) is 0 Å². The number of nitrogens with two attached hydrogens (primary N) is 1. The molecule has 3 N–H and O–H groups in total. The molecule has 1 rings (SSSR count). The van der Waals surface area contributed by atoms with Gasteiger partial charge in [0.05, 0.1) is 12.6 Å². The molecule has 1 saturated heterocycles. The Kier molecular flexibility index (Phi) is 1.42. The van der Waals surface area contributed by atoms with E-state index in [0.29, 0.717) is 11.6 Å². The summed E-state index contributed by atoms with van der Waals surface area (Å²) in [6.07, 6.45) is 0. The Morgan fingerprint density at radius 1 is 1.89 bits per heavy atom. The molecule has 1 fully saturated rings. The van der Waals surface area contributed by atoms with Gasteiger partial charge in [0.2, 0.25) is 0 Å². The highest BCUT2D eigenvalue weighted by Crippen LogP contribution is 2.12. The molecule has 0 aromatic rings. The van der Waals surface area contributed by atoms with Crippen molar-refractivity contribution in [2.75, 3.05) is 6.54 Å². The molecule has 0 aliphatic carbocycles. The Balaban J connectivity index is 2.65. The van der Waals surface area contributed by atoms with E-state index in [0.717, 1.165) is 0 Å². The molecule has 0 aromatic carbocycles. The van der Waals surface area contributed by atoms with E-state index in [1.54, 1.807) is 0 Å². The van der Waals surface area contributed by atoms with Crippen LogP contribution in [-0.4, -0.2) is 28.8 Å². The van der Waals surface area contributed by atoms with Crippen molar-refractivity contribution in [3.05, 3.63) is 0 Å². The van der Waals surface area contributed by atoms with Gasteiger partial charge in [-0.2, -0.15) is 0 Å². The number of carbonyl (C=O) groups excluding carboxylic acids is 1. The van der Waals surface area contributed by atoms with E-state index in [2.05, 4.69) is 0 Å². The lowest BCUT2D eigenvalue weighted by atomic mass is 10.1. The van der Waals surface area contributed by atoms with Crippen molar-refractivity contribution in [1.82, 2.24) is 5.06 Å². The molecule has 1 aliphatic heterocycles. The van der Waals surface area contributed by atoms with Crippen molar-refractivity contribution < 1.29 is 10.0 Å². The quantitative estimate of drug-likeness (QED) is 0.421. The fourth-order valence-electron chi connectivity index (χ4n) is 0.892. The lowest BCUT2D eigenvalue weighted by molar-refractivity contribution is -0.158. The molecule has 0 spiro atoms. The number of hydrogen-bond donors (Lipinski definition) is 2. The van der Waals surface area contributed by atoms with Crippen LogP contribution in [0.2, 0.25) is 0 Å². The number of hydroxylamine groups is 2. The fourth-order valence-corrected chi connectivity index (χ4v) is 0.892. The van der Waals surface area contributed by atoms with Gasteiger partial charge in [0.25, 0.3) is 5.91 Å². The van der Waals surface area contributed by atoms with Crippen LogP contribution < -0.4 is 5.73 Å². The third kappa shape index (κ3) is 0.906. The maximum Gasteiger partial charge on any atom is 0.263 e. The zero-order valence-electron chi connectivity index (χ0n) is 5.24. The van der Waals surface area contributed by atoms with E-state index in [1.807, 2.05) is 6.92 Å². The predicted octanol–water partition coefficient (Wildman–Crippen LogP) is -0.819. The Labute approximate surface area is 53.2 Å². The lowest BCUT2D eigenvalue weighted by Gasteiger charge is -2.02. The van der Waals surface area contributed by atoms with E-state index in [1.165, 1.54) is 0 Å². The van der Waals surface area contributed by atoms with E-state index in [4.69, 9.17) is 10.9 Å². The first-order valence-corrected chi connectivity index (χ1v) is 2.88. The van der Waals surface area contributed by atoms with Crippen LogP contribution in [0, 0.1) is 5.92 Å². The van der Waals surface area contributed by atoms with Gasteiger partial charge in [-0.05, 0) is 0 Å². The topological polar surface area (TPSA) is 66.6 Å². The number of amides is 1. The average Bonchev–Trinajstić information content (AvgIpc) is 1.98. The van der Waals surface area contributed by atoms with E-state index < -0.39 is 6.04 Å². The van der Waals surface area contributed by atoms with Crippen molar-refractivity contribution in [2.45, 2.75) is 13.0 Å². The SMILES string of the molecule is CC1CN(O)C(=O)C1N. The van der Waals surface area contributed by atoms with E-state index in [9.17, 15) is 4.79 Å². The molecule has 0 radical (unpaired) electrons. The maximum absolute atomic E-state index is 10.7. The summed E-state index contributed by atoms with van der Waals surface area (Å²) in [5, 5.41) is 9.42. The smallest absolute Gasteiger partial charge is 0.263 e. The van der Waals surface area contributed by atoms with E-state index >= 15 is 0 Å². The van der Waals surface area contributed by atoms with Crippen LogP contribution in [0.25, 0.3) is 0 Å². The second-order valence-corrected chi connectivity index (χ2v) is 2.42. The standard InChI is InChI=1S/C5H10N2O2/c1-3-2-7(9)5(8)4(3)6/h3-4,9H,2,6H2,1H3. The zero-order chi connectivity index (χ0) is 7.02. The molecule has 0 bridgehead atoms. The first-order valence-electron chi connectivity index (χ1n) is 2.88. The molecule has 9 heavy (non-hydrogen) atoms. The molecule has 2 atom stereocenters. The number of rotatable bonds is 0. The molecule has 4 nitrogen and oxygen atoms in total. The molecule has 1 aliphatic rings. The summed E-state index contributed by atoms with van der Waals surface area (Å²) in [4.78, 5) is 10.7. The van der Waals surface area contributed by atoms with Crippen molar-refractivity contribution in [3.63, 3.8) is 0 Å². The first kappa shape index (κ1) is 6.51. The summed E-state index contributed by atoms with van der Waals surface area (Å²) in [5.74, 6) is -0.301. The van der Waals surface area contributed by atoms with Crippen molar-refractivity contribution in [1.29, 1.82) is 0 Å². The third-order valence-corrected chi connectivity index (χ3v) is 1.61. The third-order valence-electron chi connectivity index (χ3n) is 1.61. The number of carbonyl (C=O) groups is 1. The van der Waals surface area contributed by atoms with Crippen LogP contribution in [0.1, 0.15) is 6.92 Å². The average molecular weight is 130 g/mol. The highest BCUT2D eigenvalue weighted by molar-refractivity contribution is 5.82. The van der Waals surface area contributed by atoms with Gasteiger partial charge in [0.15, 0.2) is 0 Å².